The van der Waals surface area contributed by atoms with Crippen LogP contribution in [-0.4, -0.2) is 133 Å². The van der Waals surface area contributed by atoms with Crippen LogP contribution in [0.25, 0.3) is 0 Å². The largest absolute Gasteiger partial charge is 0.480 e. The van der Waals surface area contributed by atoms with Crippen LogP contribution in [0, 0.1) is 23.7 Å². The number of nitrogens with one attached hydrogen (secondary N) is 2. The van der Waals surface area contributed by atoms with E-state index in [-0.39, 0.29) is 48.4 Å². The summed E-state index contributed by atoms with van der Waals surface area (Å²) in [5.41, 5.74) is 0.789. The molecule has 2 aliphatic heterocycles. The molecule has 11 atom stereocenters. The molecular weight excluding hydrogens is 690 g/mol. The number of benzene rings is 1. The number of ether oxygens (including phenoxy) is 2. The number of likely N-dealkylation sites (N-methyl/N-ethyl adjacent to an activating group) is 2. The summed E-state index contributed by atoms with van der Waals surface area (Å²) >= 11 is 0. The SMILES string of the molecule is CC[C@H](C)[C@@H]([C@@H](CC(=O)N1CCCC1[C@H](OC)[C@@H](C)C(=O)NC(Cc1ccccc1)C(=O)O)OC)N(C)C(=O)C(NC(=O)[C@@H]1[C@H]2CC[C@H](C2)N1C)C(C)C. The third kappa shape index (κ3) is 9.81. The Labute approximate surface area is 321 Å². The number of hydrogen-bond acceptors (Lipinski definition) is 8. The fourth-order valence-corrected chi connectivity index (χ4v) is 9.24. The number of methoxy groups -OCH3 is 2. The quantitative estimate of drug-likeness (QED) is 0.193. The predicted molar refractivity (Wildman–Crippen MR) is 205 cm³/mol. The number of carboxylic acids is 1. The van der Waals surface area contributed by atoms with Crippen molar-refractivity contribution in [1.82, 2.24) is 25.3 Å². The fraction of sp³-hybridized carbons (Fsp3) is 0.732. The van der Waals surface area contributed by atoms with E-state index >= 15 is 0 Å². The Kier molecular flexibility index (Phi) is 15.5. The second-order valence-electron chi connectivity index (χ2n) is 16.2. The van der Waals surface area contributed by atoms with Gasteiger partial charge in [0.25, 0.3) is 0 Å². The third-order valence-corrected chi connectivity index (χ3v) is 12.6. The first-order valence-electron chi connectivity index (χ1n) is 19.9. The summed E-state index contributed by atoms with van der Waals surface area (Å²) in [5, 5.41) is 15.7. The molecule has 3 N–H and O–H groups in total. The van der Waals surface area contributed by atoms with E-state index in [1.165, 1.54) is 7.11 Å². The summed E-state index contributed by atoms with van der Waals surface area (Å²) in [6, 6.07) is 6.58. The molecule has 2 heterocycles. The summed E-state index contributed by atoms with van der Waals surface area (Å²) in [7, 11) is 6.80. The van der Waals surface area contributed by atoms with E-state index in [1.807, 2.05) is 65.1 Å². The molecule has 3 aliphatic rings. The molecule has 1 aliphatic carbocycles. The zero-order valence-corrected chi connectivity index (χ0v) is 33.8. The molecule has 0 spiro atoms. The summed E-state index contributed by atoms with van der Waals surface area (Å²) in [6.45, 7) is 10.1. The molecule has 302 valence electrons. The van der Waals surface area contributed by atoms with E-state index in [9.17, 15) is 29.1 Å². The van der Waals surface area contributed by atoms with Crippen LogP contribution in [0.15, 0.2) is 30.3 Å². The Morgan fingerprint density at radius 1 is 0.981 bits per heavy atom. The number of likely N-dealkylation sites (tertiary alicyclic amines) is 2. The first kappa shape index (κ1) is 43.2. The van der Waals surface area contributed by atoms with Crippen LogP contribution in [0.4, 0.5) is 0 Å². The molecule has 0 radical (unpaired) electrons. The molecule has 3 unspecified atom stereocenters. The third-order valence-electron chi connectivity index (χ3n) is 12.6. The van der Waals surface area contributed by atoms with E-state index < -0.39 is 54.2 Å². The first-order valence-corrected chi connectivity index (χ1v) is 19.9. The molecule has 13 nitrogen and oxygen atoms in total. The van der Waals surface area contributed by atoms with Gasteiger partial charge in [0, 0.05) is 40.3 Å². The van der Waals surface area contributed by atoms with Crippen molar-refractivity contribution in [2.24, 2.45) is 23.7 Å². The number of carboxylic acid groups (broad SMARTS) is 1. The maximum absolute atomic E-state index is 14.3. The van der Waals surface area contributed by atoms with Crippen molar-refractivity contribution in [2.75, 3.05) is 34.9 Å². The molecule has 13 heteroatoms. The van der Waals surface area contributed by atoms with E-state index in [0.29, 0.717) is 24.9 Å². The lowest BCUT2D eigenvalue weighted by molar-refractivity contribution is -0.148. The van der Waals surface area contributed by atoms with E-state index in [2.05, 4.69) is 15.5 Å². The minimum absolute atomic E-state index is 0.00342. The first-order chi connectivity index (χ1) is 25.6. The standard InChI is InChI=1S/C41H65N5O8/c1-10-25(4)35(45(7)40(50)34(24(2)3)43-39(49)36-28-18-19-29(22-28)44(36)6)32(53-8)23-33(47)46-20-14-17-31(46)37(54-9)26(5)38(48)42-30(41(51)52)21-27-15-12-11-13-16-27/h11-13,15-16,24-26,28-32,34-37H,10,14,17-23H2,1-9H3,(H,42,48)(H,43,49)(H,51,52)/t25-,26+,28-,29+,30?,31?,32+,34?,35-,36-,37+/m0/s1. The van der Waals surface area contributed by atoms with Crippen LogP contribution in [-0.2, 0) is 39.9 Å². The maximum Gasteiger partial charge on any atom is 0.326 e. The molecule has 1 saturated carbocycles. The maximum atomic E-state index is 14.3. The highest BCUT2D eigenvalue weighted by Gasteiger charge is 2.49. The van der Waals surface area contributed by atoms with Crippen molar-refractivity contribution < 1.29 is 38.6 Å². The lowest BCUT2D eigenvalue weighted by atomic mass is 9.89. The van der Waals surface area contributed by atoms with Gasteiger partial charge in [-0.2, -0.15) is 0 Å². The van der Waals surface area contributed by atoms with Gasteiger partial charge in [0.2, 0.25) is 23.6 Å². The van der Waals surface area contributed by atoms with Crippen molar-refractivity contribution in [3.63, 3.8) is 0 Å². The van der Waals surface area contributed by atoms with Gasteiger partial charge in [0.1, 0.15) is 12.1 Å². The molecule has 2 saturated heterocycles. The van der Waals surface area contributed by atoms with Crippen LogP contribution in [0.1, 0.15) is 85.1 Å². The van der Waals surface area contributed by atoms with Gasteiger partial charge in [-0.15, -0.1) is 0 Å². The van der Waals surface area contributed by atoms with Gasteiger partial charge < -0.3 is 35.0 Å². The lowest BCUT2D eigenvalue weighted by Crippen LogP contribution is -2.60. The number of carbonyl (C=O) groups excluding carboxylic acids is 4. The number of nitrogens with zero attached hydrogens (tertiary/aromatic N) is 3. The van der Waals surface area contributed by atoms with Gasteiger partial charge >= 0.3 is 5.97 Å². The number of amides is 4. The second-order valence-corrected chi connectivity index (χ2v) is 16.2. The number of hydrogen-bond donors (Lipinski definition) is 3. The summed E-state index contributed by atoms with van der Waals surface area (Å²) in [6.07, 6.45) is 4.04. The molecule has 1 aromatic rings. The van der Waals surface area contributed by atoms with Crippen molar-refractivity contribution in [1.29, 1.82) is 0 Å². The van der Waals surface area contributed by atoms with Crippen molar-refractivity contribution in [2.45, 2.75) is 134 Å². The van der Waals surface area contributed by atoms with Crippen molar-refractivity contribution >= 4 is 29.6 Å². The number of carbonyl (C=O) groups is 5. The Morgan fingerprint density at radius 2 is 1.67 bits per heavy atom. The average Bonchev–Trinajstić information content (AvgIpc) is 3.90. The second kappa shape index (κ2) is 19.4. The average molecular weight is 756 g/mol. The Bertz CT molecular complexity index is 1440. The van der Waals surface area contributed by atoms with Gasteiger partial charge in [0.05, 0.1) is 42.7 Å². The van der Waals surface area contributed by atoms with Crippen LogP contribution < -0.4 is 10.6 Å². The number of rotatable bonds is 19. The molecule has 4 amide bonds. The molecule has 1 aromatic carbocycles. The van der Waals surface area contributed by atoms with E-state index in [0.717, 1.165) is 37.7 Å². The molecule has 2 bridgehead atoms. The minimum atomic E-state index is -1.13. The highest BCUT2D eigenvalue weighted by Crippen LogP contribution is 2.41. The summed E-state index contributed by atoms with van der Waals surface area (Å²) in [5.74, 6) is -2.71. The molecule has 0 aromatic heterocycles. The van der Waals surface area contributed by atoms with Gasteiger partial charge in [-0.25, -0.2) is 4.79 Å². The normalized spacial score (nSPS) is 25.0. The zero-order chi connectivity index (χ0) is 39.9. The van der Waals surface area contributed by atoms with Crippen LogP contribution in [0.5, 0.6) is 0 Å². The number of aliphatic carboxylic acids is 1. The topological polar surface area (TPSA) is 158 Å². The predicted octanol–water partition coefficient (Wildman–Crippen LogP) is 3.34. The summed E-state index contributed by atoms with van der Waals surface area (Å²) in [4.78, 5) is 73.3. The van der Waals surface area contributed by atoms with Crippen LogP contribution in [0.3, 0.4) is 0 Å². The van der Waals surface area contributed by atoms with Gasteiger partial charge in [-0.3, -0.25) is 24.1 Å². The highest BCUT2D eigenvalue weighted by atomic mass is 16.5. The monoisotopic (exact) mass is 755 g/mol. The van der Waals surface area contributed by atoms with Gasteiger partial charge in [0.15, 0.2) is 0 Å². The Hall–Kier alpha value is -3.55. The molecule has 3 fully saturated rings. The Morgan fingerprint density at radius 3 is 2.22 bits per heavy atom. The minimum Gasteiger partial charge on any atom is -0.480 e. The smallest absolute Gasteiger partial charge is 0.326 e. The van der Waals surface area contributed by atoms with Crippen LogP contribution >= 0.6 is 0 Å². The Balaban J connectivity index is 1.46. The summed E-state index contributed by atoms with van der Waals surface area (Å²) < 4.78 is 11.9. The van der Waals surface area contributed by atoms with Gasteiger partial charge in [-0.05, 0) is 62.5 Å². The van der Waals surface area contributed by atoms with Crippen LogP contribution in [0.2, 0.25) is 0 Å². The number of fused-ring (bicyclic) bond motifs is 2. The van der Waals surface area contributed by atoms with Crippen molar-refractivity contribution in [3.05, 3.63) is 35.9 Å². The number of piperidine rings is 1. The fourth-order valence-electron chi connectivity index (χ4n) is 9.24. The molecule has 54 heavy (non-hydrogen) atoms. The molecule has 4 rings (SSSR count). The van der Waals surface area contributed by atoms with Crippen molar-refractivity contribution in [3.8, 4) is 0 Å². The van der Waals surface area contributed by atoms with E-state index in [1.54, 1.807) is 30.9 Å². The highest BCUT2D eigenvalue weighted by molar-refractivity contribution is 5.90. The van der Waals surface area contributed by atoms with Gasteiger partial charge in [-0.1, -0.05) is 71.4 Å². The van der Waals surface area contributed by atoms with E-state index in [4.69, 9.17) is 9.47 Å². The zero-order valence-electron chi connectivity index (χ0n) is 33.8. The molecular formula is C41H65N5O8. The lowest BCUT2D eigenvalue weighted by Gasteiger charge is -2.41.